The molecule has 0 aromatic heterocycles. The summed E-state index contributed by atoms with van der Waals surface area (Å²) in [6.45, 7) is 2.17. The van der Waals surface area contributed by atoms with Gasteiger partial charge in [-0.3, -0.25) is 9.59 Å². The highest BCUT2D eigenvalue weighted by Crippen LogP contribution is 2.42. The fourth-order valence-electron chi connectivity index (χ4n) is 4.39. The van der Waals surface area contributed by atoms with Crippen LogP contribution in [0.5, 0.6) is 0 Å². The molecule has 1 amide bonds. The molecule has 5 nitrogen and oxygen atoms in total. The summed E-state index contributed by atoms with van der Waals surface area (Å²) in [4.78, 5) is 24.3. The highest BCUT2D eigenvalue weighted by Gasteiger charge is 2.40. The summed E-state index contributed by atoms with van der Waals surface area (Å²) in [6.07, 6.45) is 5.55. The van der Waals surface area contributed by atoms with Gasteiger partial charge in [-0.25, -0.2) is 0 Å². The fourth-order valence-corrected chi connectivity index (χ4v) is 4.39. The lowest BCUT2D eigenvalue weighted by atomic mass is 9.65. The molecule has 3 N–H and O–H groups in total. The maximum Gasteiger partial charge on any atom is 0.310 e. The Kier molecular flexibility index (Phi) is 5.74. The standard InChI is InChI=1S/C20H28N2O3/c1-2-25-18(23)10-13-5-3-8-17(9-13)22-20(24)16-11-14-6-4-7-15(12-16)19(14)21/h3,5,8-9,14-16,19H,2,4,6-7,10-12,21H2,1H3,(H,22,24). The zero-order chi connectivity index (χ0) is 17.8. The van der Waals surface area contributed by atoms with E-state index < -0.39 is 0 Å². The zero-order valence-corrected chi connectivity index (χ0v) is 14.9. The van der Waals surface area contributed by atoms with Crippen molar-refractivity contribution in [2.45, 2.75) is 51.5 Å². The van der Waals surface area contributed by atoms with Crippen molar-refractivity contribution in [2.75, 3.05) is 11.9 Å². The molecule has 25 heavy (non-hydrogen) atoms. The second kappa shape index (κ2) is 8.00. The number of carbonyl (C=O) groups is 2. The molecule has 2 aliphatic rings. The number of ether oxygens (including phenoxy) is 1. The van der Waals surface area contributed by atoms with E-state index in [0.29, 0.717) is 18.4 Å². The summed E-state index contributed by atoms with van der Waals surface area (Å²) in [5.41, 5.74) is 7.90. The van der Waals surface area contributed by atoms with Gasteiger partial charge >= 0.3 is 5.97 Å². The third-order valence-electron chi connectivity index (χ3n) is 5.63. The van der Waals surface area contributed by atoms with Crippen LogP contribution in [0.1, 0.15) is 44.6 Å². The van der Waals surface area contributed by atoms with Gasteiger partial charge in [0, 0.05) is 17.6 Å². The quantitative estimate of drug-likeness (QED) is 0.805. The summed E-state index contributed by atoms with van der Waals surface area (Å²) in [7, 11) is 0. The summed E-state index contributed by atoms with van der Waals surface area (Å²) in [6, 6.07) is 7.71. The number of rotatable bonds is 5. The smallest absolute Gasteiger partial charge is 0.310 e. The summed E-state index contributed by atoms with van der Waals surface area (Å²) in [5, 5.41) is 3.03. The third-order valence-corrected chi connectivity index (χ3v) is 5.63. The third kappa shape index (κ3) is 4.40. The van der Waals surface area contributed by atoms with Crippen molar-refractivity contribution in [1.82, 2.24) is 0 Å². The Morgan fingerprint density at radius 3 is 2.64 bits per heavy atom. The Labute approximate surface area is 149 Å². The van der Waals surface area contributed by atoms with Crippen molar-refractivity contribution in [3.8, 4) is 0 Å². The number of nitrogens with one attached hydrogen (secondary N) is 1. The Balaban J connectivity index is 1.60. The molecule has 2 bridgehead atoms. The van der Waals surface area contributed by atoms with Gasteiger partial charge in [-0.2, -0.15) is 0 Å². The van der Waals surface area contributed by atoms with E-state index in [-0.39, 0.29) is 30.3 Å². The Morgan fingerprint density at radius 2 is 1.96 bits per heavy atom. The average molecular weight is 344 g/mol. The summed E-state index contributed by atoms with van der Waals surface area (Å²) in [5.74, 6) is 0.845. The van der Waals surface area contributed by atoms with Crippen LogP contribution in [0.15, 0.2) is 24.3 Å². The van der Waals surface area contributed by atoms with Crippen LogP contribution >= 0.6 is 0 Å². The second-order valence-corrected chi connectivity index (χ2v) is 7.37. The van der Waals surface area contributed by atoms with E-state index >= 15 is 0 Å². The molecular formula is C20H28N2O3. The monoisotopic (exact) mass is 344 g/mol. The van der Waals surface area contributed by atoms with E-state index in [4.69, 9.17) is 10.5 Å². The predicted octanol–water partition coefficient (Wildman–Crippen LogP) is 2.88. The van der Waals surface area contributed by atoms with E-state index in [0.717, 1.165) is 36.9 Å². The minimum atomic E-state index is -0.250. The van der Waals surface area contributed by atoms with Crippen LogP contribution in [0.2, 0.25) is 0 Å². The molecule has 0 radical (unpaired) electrons. The number of nitrogens with two attached hydrogens (primary N) is 1. The molecule has 2 unspecified atom stereocenters. The van der Waals surface area contributed by atoms with Gasteiger partial charge in [0.1, 0.15) is 0 Å². The lowest BCUT2D eigenvalue weighted by Gasteiger charge is -2.43. The van der Waals surface area contributed by atoms with Gasteiger partial charge in [0.2, 0.25) is 5.91 Å². The Hall–Kier alpha value is -1.88. The van der Waals surface area contributed by atoms with Gasteiger partial charge in [-0.1, -0.05) is 18.6 Å². The van der Waals surface area contributed by atoms with Crippen molar-refractivity contribution in [2.24, 2.45) is 23.5 Å². The van der Waals surface area contributed by atoms with Crippen LogP contribution in [0.3, 0.4) is 0 Å². The summed E-state index contributed by atoms with van der Waals surface area (Å²) >= 11 is 0. The molecule has 5 heteroatoms. The van der Waals surface area contributed by atoms with Crippen LogP contribution in [-0.2, 0) is 20.7 Å². The molecular weight excluding hydrogens is 316 g/mol. The number of amides is 1. The second-order valence-electron chi connectivity index (χ2n) is 7.37. The molecule has 2 aliphatic carbocycles. The number of anilines is 1. The van der Waals surface area contributed by atoms with Crippen molar-refractivity contribution >= 4 is 17.6 Å². The number of carbonyl (C=O) groups excluding carboxylic acids is 2. The van der Waals surface area contributed by atoms with Crippen molar-refractivity contribution in [1.29, 1.82) is 0 Å². The highest BCUT2D eigenvalue weighted by atomic mass is 16.5. The van der Waals surface area contributed by atoms with Gasteiger partial charge in [0.25, 0.3) is 0 Å². The fraction of sp³-hybridized carbons (Fsp3) is 0.600. The molecule has 1 aromatic rings. The van der Waals surface area contributed by atoms with Crippen LogP contribution in [0.4, 0.5) is 5.69 Å². The number of hydrogen-bond donors (Lipinski definition) is 2. The van der Waals surface area contributed by atoms with Gasteiger partial charge in [0.05, 0.1) is 13.0 Å². The first-order valence-corrected chi connectivity index (χ1v) is 9.37. The maximum atomic E-state index is 12.7. The number of benzene rings is 1. The van der Waals surface area contributed by atoms with Gasteiger partial charge in [0.15, 0.2) is 0 Å². The van der Waals surface area contributed by atoms with Gasteiger partial charge < -0.3 is 15.8 Å². The maximum absolute atomic E-state index is 12.7. The molecule has 0 saturated heterocycles. The van der Waals surface area contributed by atoms with Crippen molar-refractivity contribution in [3.05, 3.63) is 29.8 Å². The molecule has 136 valence electrons. The minimum absolute atomic E-state index is 0.0452. The average Bonchev–Trinajstić information content (AvgIpc) is 2.55. The summed E-state index contributed by atoms with van der Waals surface area (Å²) < 4.78 is 4.98. The Bertz CT molecular complexity index is 617. The van der Waals surface area contributed by atoms with Crippen LogP contribution in [0, 0.1) is 17.8 Å². The lowest BCUT2D eigenvalue weighted by molar-refractivity contribution is -0.142. The molecule has 2 fully saturated rings. The topological polar surface area (TPSA) is 81.4 Å². The highest BCUT2D eigenvalue weighted by molar-refractivity contribution is 5.92. The van der Waals surface area contributed by atoms with E-state index in [1.54, 1.807) is 6.92 Å². The molecule has 2 atom stereocenters. The van der Waals surface area contributed by atoms with Gasteiger partial charge in [-0.05, 0) is 62.1 Å². The molecule has 0 heterocycles. The first kappa shape index (κ1) is 17.9. The van der Waals surface area contributed by atoms with Crippen molar-refractivity contribution in [3.63, 3.8) is 0 Å². The molecule has 0 spiro atoms. The van der Waals surface area contributed by atoms with Crippen LogP contribution < -0.4 is 11.1 Å². The first-order chi connectivity index (χ1) is 12.1. The number of esters is 1. The predicted molar refractivity (Wildman–Crippen MR) is 96.9 cm³/mol. The number of fused-ring (bicyclic) bond motifs is 2. The molecule has 3 rings (SSSR count). The zero-order valence-electron chi connectivity index (χ0n) is 14.9. The van der Waals surface area contributed by atoms with E-state index in [1.807, 2.05) is 24.3 Å². The number of hydrogen-bond acceptors (Lipinski definition) is 4. The van der Waals surface area contributed by atoms with Crippen LogP contribution in [0.25, 0.3) is 0 Å². The molecule has 0 aliphatic heterocycles. The SMILES string of the molecule is CCOC(=O)Cc1cccc(NC(=O)C2CC3CCCC(C2)C3N)c1. The van der Waals surface area contributed by atoms with E-state index in [1.165, 1.54) is 6.42 Å². The first-order valence-electron chi connectivity index (χ1n) is 9.37. The van der Waals surface area contributed by atoms with E-state index in [2.05, 4.69) is 5.32 Å². The van der Waals surface area contributed by atoms with Gasteiger partial charge in [-0.15, -0.1) is 0 Å². The minimum Gasteiger partial charge on any atom is -0.466 e. The van der Waals surface area contributed by atoms with Crippen LogP contribution in [-0.4, -0.2) is 24.5 Å². The van der Waals surface area contributed by atoms with E-state index in [9.17, 15) is 9.59 Å². The van der Waals surface area contributed by atoms with Crippen molar-refractivity contribution < 1.29 is 14.3 Å². The largest absolute Gasteiger partial charge is 0.466 e. The normalized spacial score (nSPS) is 28.2. The molecule has 2 saturated carbocycles. The Morgan fingerprint density at radius 1 is 1.24 bits per heavy atom. The lowest BCUT2D eigenvalue weighted by Crippen LogP contribution is -2.48. The molecule has 1 aromatic carbocycles.